The summed E-state index contributed by atoms with van der Waals surface area (Å²) in [6, 6.07) is 5.90. The molecule has 0 amide bonds. The van der Waals surface area contributed by atoms with Crippen LogP contribution < -0.4 is 5.32 Å². The summed E-state index contributed by atoms with van der Waals surface area (Å²) < 4.78 is 5.26. The Labute approximate surface area is 96.0 Å². The second kappa shape index (κ2) is 3.61. The second-order valence-electron chi connectivity index (χ2n) is 3.32. The van der Waals surface area contributed by atoms with Crippen molar-refractivity contribution in [3.63, 3.8) is 0 Å². The van der Waals surface area contributed by atoms with Gasteiger partial charge in [-0.3, -0.25) is 0 Å². The molecule has 2 aromatic heterocycles. The summed E-state index contributed by atoms with van der Waals surface area (Å²) in [4.78, 5) is 8.51. The van der Waals surface area contributed by atoms with Gasteiger partial charge in [-0.2, -0.15) is 0 Å². The number of hydrogen-bond acceptors (Lipinski definition) is 5. The second-order valence-corrected chi connectivity index (χ2v) is 4.18. The van der Waals surface area contributed by atoms with Gasteiger partial charge in [0.25, 0.3) is 0 Å². The van der Waals surface area contributed by atoms with Crippen LogP contribution in [0.4, 0.5) is 5.82 Å². The SMILES string of the molecule is CNc1csc(-c2ccc3ncoc3c2)n1. The van der Waals surface area contributed by atoms with Crippen molar-refractivity contribution in [1.82, 2.24) is 9.97 Å². The Morgan fingerprint density at radius 1 is 1.38 bits per heavy atom. The van der Waals surface area contributed by atoms with Crippen LogP contribution >= 0.6 is 11.3 Å². The average Bonchev–Trinajstić information content (AvgIpc) is 2.96. The van der Waals surface area contributed by atoms with Gasteiger partial charge in [0.1, 0.15) is 16.3 Å². The normalized spacial score (nSPS) is 10.8. The molecule has 3 aromatic rings. The molecule has 1 aromatic carbocycles. The van der Waals surface area contributed by atoms with Gasteiger partial charge >= 0.3 is 0 Å². The molecular weight excluding hydrogens is 222 g/mol. The molecule has 4 nitrogen and oxygen atoms in total. The third-order valence-corrected chi connectivity index (χ3v) is 3.23. The molecule has 2 heterocycles. The highest BCUT2D eigenvalue weighted by atomic mass is 32.1. The number of aromatic nitrogens is 2. The molecule has 5 heteroatoms. The maximum atomic E-state index is 5.26. The van der Waals surface area contributed by atoms with Gasteiger partial charge in [-0.15, -0.1) is 11.3 Å². The van der Waals surface area contributed by atoms with Gasteiger partial charge in [0.15, 0.2) is 12.0 Å². The Kier molecular flexibility index (Phi) is 2.11. The summed E-state index contributed by atoms with van der Waals surface area (Å²) in [7, 11) is 1.86. The van der Waals surface area contributed by atoms with E-state index >= 15 is 0 Å². The number of fused-ring (bicyclic) bond motifs is 1. The van der Waals surface area contributed by atoms with E-state index in [0.29, 0.717) is 0 Å². The van der Waals surface area contributed by atoms with Crippen LogP contribution in [0.25, 0.3) is 21.7 Å². The number of anilines is 1. The number of nitrogens with one attached hydrogen (secondary N) is 1. The summed E-state index contributed by atoms with van der Waals surface area (Å²) in [6.45, 7) is 0. The third kappa shape index (κ3) is 1.45. The minimum Gasteiger partial charge on any atom is -0.443 e. The number of nitrogens with zero attached hydrogens (tertiary/aromatic N) is 2. The lowest BCUT2D eigenvalue weighted by atomic mass is 10.2. The number of hydrogen-bond donors (Lipinski definition) is 1. The van der Waals surface area contributed by atoms with E-state index in [4.69, 9.17) is 4.42 Å². The van der Waals surface area contributed by atoms with Gasteiger partial charge < -0.3 is 9.73 Å². The average molecular weight is 231 g/mol. The predicted molar refractivity (Wildman–Crippen MR) is 64.7 cm³/mol. The topological polar surface area (TPSA) is 51.0 Å². The fraction of sp³-hybridized carbons (Fsp3) is 0.0909. The monoisotopic (exact) mass is 231 g/mol. The van der Waals surface area contributed by atoms with E-state index in [1.807, 2.05) is 30.6 Å². The molecule has 0 saturated heterocycles. The molecule has 0 aliphatic rings. The molecule has 3 rings (SSSR count). The molecule has 0 radical (unpaired) electrons. The molecule has 0 atom stereocenters. The lowest BCUT2D eigenvalue weighted by Crippen LogP contribution is -1.86. The van der Waals surface area contributed by atoms with Crippen LogP contribution in [-0.2, 0) is 0 Å². The van der Waals surface area contributed by atoms with Gasteiger partial charge in [-0.05, 0) is 18.2 Å². The van der Waals surface area contributed by atoms with Crippen LogP contribution in [0.1, 0.15) is 0 Å². The Bertz CT molecular complexity index is 629. The highest BCUT2D eigenvalue weighted by molar-refractivity contribution is 7.13. The molecular formula is C11H9N3OS. The first-order valence-corrected chi connectivity index (χ1v) is 5.72. The summed E-state index contributed by atoms with van der Waals surface area (Å²) in [5.41, 5.74) is 2.71. The van der Waals surface area contributed by atoms with Gasteiger partial charge in [0.2, 0.25) is 0 Å². The summed E-state index contributed by atoms with van der Waals surface area (Å²) in [5.74, 6) is 0.887. The Balaban J connectivity index is 2.10. The van der Waals surface area contributed by atoms with Crippen molar-refractivity contribution in [3.05, 3.63) is 30.0 Å². The van der Waals surface area contributed by atoms with Crippen molar-refractivity contribution < 1.29 is 4.42 Å². The van der Waals surface area contributed by atoms with Crippen LogP contribution in [0.3, 0.4) is 0 Å². The zero-order valence-electron chi connectivity index (χ0n) is 8.60. The molecule has 80 valence electrons. The first kappa shape index (κ1) is 9.35. The first-order chi connectivity index (χ1) is 7.86. The van der Waals surface area contributed by atoms with Crippen molar-refractivity contribution in [1.29, 1.82) is 0 Å². The van der Waals surface area contributed by atoms with Gasteiger partial charge in [0, 0.05) is 18.0 Å². The Hall–Kier alpha value is -1.88. The van der Waals surface area contributed by atoms with Gasteiger partial charge in [-0.1, -0.05) is 0 Å². The molecule has 0 aliphatic carbocycles. The molecule has 0 unspecified atom stereocenters. The van der Waals surface area contributed by atoms with E-state index in [2.05, 4.69) is 15.3 Å². The zero-order valence-corrected chi connectivity index (χ0v) is 9.41. The van der Waals surface area contributed by atoms with Crippen LogP contribution in [0.5, 0.6) is 0 Å². The molecule has 0 aliphatic heterocycles. The predicted octanol–water partition coefficient (Wildman–Crippen LogP) is 2.99. The van der Waals surface area contributed by atoms with E-state index < -0.39 is 0 Å². The molecule has 16 heavy (non-hydrogen) atoms. The lowest BCUT2D eigenvalue weighted by molar-refractivity contribution is 0.602. The smallest absolute Gasteiger partial charge is 0.181 e. The molecule has 0 saturated carbocycles. The van der Waals surface area contributed by atoms with Crippen molar-refractivity contribution in [2.24, 2.45) is 0 Å². The molecule has 0 fully saturated rings. The fourth-order valence-corrected chi connectivity index (χ4v) is 2.32. The van der Waals surface area contributed by atoms with Crippen LogP contribution in [0.2, 0.25) is 0 Å². The highest BCUT2D eigenvalue weighted by Gasteiger charge is 2.06. The lowest BCUT2D eigenvalue weighted by Gasteiger charge is -1.95. The fourth-order valence-electron chi connectivity index (χ4n) is 1.51. The number of rotatable bonds is 2. The first-order valence-electron chi connectivity index (χ1n) is 4.84. The van der Waals surface area contributed by atoms with Crippen LogP contribution in [0, 0.1) is 0 Å². The molecule has 1 N–H and O–H groups in total. The minimum atomic E-state index is 0.790. The van der Waals surface area contributed by atoms with E-state index in [1.54, 1.807) is 11.3 Å². The zero-order chi connectivity index (χ0) is 11.0. The summed E-state index contributed by atoms with van der Waals surface area (Å²) in [5, 5.41) is 5.97. The Morgan fingerprint density at radius 2 is 2.31 bits per heavy atom. The maximum Gasteiger partial charge on any atom is 0.181 e. The highest BCUT2D eigenvalue weighted by Crippen LogP contribution is 2.28. The van der Waals surface area contributed by atoms with Crippen molar-refractivity contribution in [2.45, 2.75) is 0 Å². The van der Waals surface area contributed by atoms with E-state index in [1.165, 1.54) is 6.39 Å². The summed E-state index contributed by atoms with van der Waals surface area (Å²) >= 11 is 1.60. The molecule has 0 spiro atoms. The van der Waals surface area contributed by atoms with Gasteiger partial charge in [0.05, 0.1) is 0 Å². The largest absolute Gasteiger partial charge is 0.443 e. The van der Waals surface area contributed by atoms with Crippen LogP contribution in [0.15, 0.2) is 34.4 Å². The number of oxazole rings is 1. The summed E-state index contributed by atoms with van der Waals surface area (Å²) in [6.07, 6.45) is 1.45. The number of thiazole rings is 1. The van der Waals surface area contributed by atoms with Crippen molar-refractivity contribution >= 4 is 28.3 Å². The van der Waals surface area contributed by atoms with E-state index in [-0.39, 0.29) is 0 Å². The van der Waals surface area contributed by atoms with E-state index in [0.717, 1.165) is 27.5 Å². The van der Waals surface area contributed by atoms with Crippen LogP contribution in [-0.4, -0.2) is 17.0 Å². The molecule has 0 bridgehead atoms. The number of benzene rings is 1. The quantitative estimate of drug-likeness (QED) is 0.736. The maximum absolute atomic E-state index is 5.26. The van der Waals surface area contributed by atoms with E-state index in [9.17, 15) is 0 Å². The van der Waals surface area contributed by atoms with Crippen molar-refractivity contribution in [2.75, 3.05) is 12.4 Å². The van der Waals surface area contributed by atoms with Gasteiger partial charge in [-0.25, -0.2) is 9.97 Å². The van der Waals surface area contributed by atoms with Crippen molar-refractivity contribution in [3.8, 4) is 10.6 Å². The minimum absolute atomic E-state index is 0.790. The standard InChI is InChI=1S/C11H9N3OS/c1-12-10-5-16-11(14-10)7-2-3-8-9(4-7)15-6-13-8/h2-6,12H,1H3. The Morgan fingerprint density at radius 3 is 3.12 bits per heavy atom. The third-order valence-electron chi connectivity index (χ3n) is 2.34.